The minimum atomic E-state index is -0.255. The van der Waals surface area contributed by atoms with Gasteiger partial charge in [0, 0.05) is 12.0 Å². The maximum Gasteiger partial charge on any atom is 0.0435 e. The summed E-state index contributed by atoms with van der Waals surface area (Å²) in [5.74, 6) is 0. The van der Waals surface area contributed by atoms with Gasteiger partial charge in [0.15, 0.2) is 0 Å². The third-order valence-corrected chi connectivity index (χ3v) is 13.0. The summed E-state index contributed by atoms with van der Waals surface area (Å²) in [6.07, 6.45) is 14.4. The highest BCUT2D eigenvalue weighted by atomic mass is 14.5. The highest BCUT2D eigenvalue weighted by Gasteiger charge is 2.42. The van der Waals surface area contributed by atoms with E-state index in [-0.39, 0.29) is 5.41 Å². The minimum Gasteiger partial charge on any atom is -0.327 e. The van der Waals surface area contributed by atoms with E-state index in [1.54, 1.807) is 0 Å². The van der Waals surface area contributed by atoms with Crippen LogP contribution < -0.4 is 5.73 Å². The van der Waals surface area contributed by atoms with Crippen molar-refractivity contribution < 1.29 is 0 Å². The maximum atomic E-state index is 5.52. The van der Waals surface area contributed by atoms with E-state index in [1.807, 2.05) is 60.7 Å². The molecule has 0 aromatic heterocycles. The quantitative estimate of drug-likeness (QED) is 0.119. The zero-order valence-electron chi connectivity index (χ0n) is 38.6. The molecule has 1 nitrogen and oxygen atoms in total. The normalized spacial score (nSPS) is 15.5. The molecule has 2 N–H and O–H groups in total. The third kappa shape index (κ3) is 9.22. The van der Waals surface area contributed by atoms with Crippen molar-refractivity contribution in [3.8, 4) is 11.1 Å². The molecule has 1 aliphatic carbocycles. The SMILES string of the molecule is C=C/C(=C\C=C/CN)c1cc2ccccc2c2ccccc12.C=C/C=C1\C(=C/c2cccc(-c3ccc4ccc5ccccc5c4c3)c2)c2ccccc2C1(C)c1ccccc1.c1ccccc1. The molecule has 11 rings (SSSR count). The Kier molecular flexibility index (Phi) is 13.8. The van der Waals surface area contributed by atoms with Crippen molar-refractivity contribution >= 4 is 60.3 Å². The second-order valence-corrected chi connectivity index (χ2v) is 17.1. The summed E-state index contributed by atoms with van der Waals surface area (Å²) in [4.78, 5) is 0. The standard InChI is InChI=1S/C40H30.C21H19N.C6H6/c1-3-12-38-37(35-19-9-10-20-39(35)40(38,2)33-16-5-4-6-17-33)26-28-13-11-15-31(25-28)32-24-23-30-22-21-29-14-7-8-18-34(29)36(30)27-32;1-2-16(9-7-8-14-22)21-15-17-10-3-4-11-18(17)19-12-5-6-13-20(19)21;1-2-4-6-5-3-1/h3-27H,1H2,2H3;2-13,15H,1,14,22H2;1-6H/b37-26-,38-12+;8-7-,16-9+;. The Hall–Kier alpha value is -8.36. The fourth-order valence-electron chi connectivity index (χ4n) is 9.68. The van der Waals surface area contributed by atoms with Crippen molar-refractivity contribution in [1.82, 2.24) is 0 Å². The lowest BCUT2D eigenvalue weighted by Crippen LogP contribution is -2.22. The molecule has 1 aliphatic rings. The molecule has 10 aromatic carbocycles. The zero-order chi connectivity index (χ0) is 46.7. The van der Waals surface area contributed by atoms with Gasteiger partial charge in [-0.3, -0.25) is 0 Å². The van der Waals surface area contributed by atoms with E-state index in [0.29, 0.717) is 6.54 Å². The predicted molar refractivity (Wildman–Crippen MR) is 297 cm³/mol. The van der Waals surface area contributed by atoms with Gasteiger partial charge in [0.1, 0.15) is 0 Å². The molecule has 0 aliphatic heterocycles. The summed E-state index contributed by atoms with van der Waals surface area (Å²) in [6.45, 7) is 10.9. The maximum absolute atomic E-state index is 5.52. The van der Waals surface area contributed by atoms with Crippen LogP contribution in [0, 0.1) is 0 Å². The Morgan fingerprint density at radius 1 is 0.515 bits per heavy atom. The summed E-state index contributed by atoms with van der Waals surface area (Å²) < 4.78 is 0. The van der Waals surface area contributed by atoms with Crippen LogP contribution in [0.3, 0.4) is 0 Å². The van der Waals surface area contributed by atoms with Crippen LogP contribution in [0.25, 0.3) is 71.4 Å². The smallest absolute Gasteiger partial charge is 0.0435 e. The predicted octanol–water partition coefficient (Wildman–Crippen LogP) is 17.4. The van der Waals surface area contributed by atoms with Crippen LogP contribution in [0.4, 0.5) is 0 Å². The molecule has 0 fully saturated rings. The summed E-state index contributed by atoms with van der Waals surface area (Å²) in [6, 6.07) is 79.7. The largest absolute Gasteiger partial charge is 0.327 e. The average molecular weight is 874 g/mol. The van der Waals surface area contributed by atoms with Gasteiger partial charge in [-0.15, -0.1) is 0 Å². The fraction of sp³-hybridized carbons (Fsp3) is 0.0448. The highest BCUT2D eigenvalue weighted by molar-refractivity contribution is 6.13. The van der Waals surface area contributed by atoms with Gasteiger partial charge in [-0.1, -0.05) is 256 Å². The topological polar surface area (TPSA) is 26.0 Å². The first-order valence-electron chi connectivity index (χ1n) is 23.3. The molecule has 328 valence electrons. The monoisotopic (exact) mass is 873 g/mol. The Bertz CT molecular complexity index is 3500. The van der Waals surface area contributed by atoms with Crippen molar-refractivity contribution in [2.24, 2.45) is 5.73 Å². The van der Waals surface area contributed by atoms with Gasteiger partial charge in [-0.05, 0) is 130 Å². The lowest BCUT2D eigenvalue weighted by atomic mass is 9.74. The molecule has 0 heterocycles. The van der Waals surface area contributed by atoms with Gasteiger partial charge in [0.2, 0.25) is 0 Å². The molecule has 0 radical (unpaired) electrons. The number of nitrogens with two attached hydrogens (primary N) is 1. The van der Waals surface area contributed by atoms with E-state index in [4.69, 9.17) is 5.73 Å². The van der Waals surface area contributed by atoms with Crippen molar-refractivity contribution in [2.45, 2.75) is 12.3 Å². The van der Waals surface area contributed by atoms with Crippen LogP contribution >= 0.6 is 0 Å². The van der Waals surface area contributed by atoms with Crippen LogP contribution in [0.1, 0.15) is 34.7 Å². The molecule has 0 saturated heterocycles. The van der Waals surface area contributed by atoms with E-state index in [0.717, 1.165) is 5.57 Å². The Morgan fingerprint density at radius 3 is 1.79 bits per heavy atom. The Labute approximate surface area is 401 Å². The molecule has 0 spiro atoms. The van der Waals surface area contributed by atoms with Crippen molar-refractivity contribution in [3.05, 3.63) is 307 Å². The third-order valence-electron chi connectivity index (χ3n) is 13.0. The van der Waals surface area contributed by atoms with Gasteiger partial charge in [0.05, 0.1) is 0 Å². The molecule has 1 heteroatoms. The molecule has 10 aromatic rings. The molecule has 68 heavy (non-hydrogen) atoms. The van der Waals surface area contributed by atoms with Crippen molar-refractivity contribution in [2.75, 3.05) is 6.54 Å². The van der Waals surface area contributed by atoms with Crippen LogP contribution in [0.2, 0.25) is 0 Å². The number of benzene rings is 10. The first-order valence-corrected chi connectivity index (χ1v) is 23.3. The van der Waals surface area contributed by atoms with Gasteiger partial charge in [-0.2, -0.15) is 0 Å². The molecule has 1 atom stereocenters. The van der Waals surface area contributed by atoms with Crippen LogP contribution in [0.5, 0.6) is 0 Å². The summed E-state index contributed by atoms with van der Waals surface area (Å²) in [5, 5.41) is 10.2. The van der Waals surface area contributed by atoms with Crippen molar-refractivity contribution in [3.63, 3.8) is 0 Å². The van der Waals surface area contributed by atoms with E-state index >= 15 is 0 Å². The number of hydrogen-bond donors (Lipinski definition) is 1. The minimum absolute atomic E-state index is 0.255. The van der Waals surface area contributed by atoms with Crippen LogP contribution in [-0.4, -0.2) is 6.54 Å². The van der Waals surface area contributed by atoms with Gasteiger partial charge in [-0.25, -0.2) is 0 Å². The average Bonchev–Trinajstić information content (AvgIpc) is 3.64. The summed E-state index contributed by atoms with van der Waals surface area (Å²) in [5.41, 5.74) is 17.6. The molecule has 0 saturated carbocycles. The molecule has 1 unspecified atom stereocenters. The van der Waals surface area contributed by atoms with E-state index in [9.17, 15) is 0 Å². The zero-order valence-corrected chi connectivity index (χ0v) is 38.6. The van der Waals surface area contributed by atoms with Crippen LogP contribution in [-0.2, 0) is 5.41 Å². The Balaban J connectivity index is 0.000000172. The van der Waals surface area contributed by atoms with Gasteiger partial charge >= 0.3 is 0 Å². The number of fused-ring (bicyclic) bond motifs is 7. The lowest BCUT2D eigenvalue weighted by molar-refractivity contribution is 0.715. The molecular formula is C67H55N. The number of hydrogen-bond acceptors (Lipinski definition) is 1. The molecule has 0 bridgehead atoms. The van der Waals surface area contributed by atoms with E-state index in [1.165, 1.54) is 93.2 Å². The first-order chi connectivity index (χ1) is 33.5. The summed E-state index contributed by atoms with van der Waals surface area (Å²) >= 11 is 0. The van der Waals surface area contributed by atoms with Gasteiger partial charge < -0.3 is 5.73 Å². The fourth-order valence-corrected chi connectivity index (χ4v) is 9.68. The Morgan fingerprint density at radius 2 is 1.09 bits per heavy atom. The summed E-state index contributed by atoms with van der Waals surface area (Å²) in [7, 11) is 0. The highest BCUT2D eigenvalue weighted by Crippen LogP contribution is 2.54. The second kappa shape index (κ2) is 20.9. The molecule has 0 amide bonds. The van der Waals surface area contributed by atoms with Crippen molar-refractivity contribution in [1.29, 1.82) is 0 Å². The van der Waals surface area contributed by atoms with Gasteiger partial charge in [0.25, 0.3) is 0 Å². The van der Waals surface area contributed by atoms with E-state index in [2.05, 4.69) is 226 Å². The van der Waals surface area contributed by atoms with E-state index < -0.39 is 0 Å². The number of rotatable bonds is 8. The second-order valence-electron chi connectivity index (χ2n) is 17.1. The molecular weight excluding hydrogens is 819 g/mol. The van der Waals surface area contributed by atoms with Crippen LogP contribution in [0.15, 0.2) is 280 Å². The first kappa shape index (κ1) is 44.8. The lowest BCUT2D eigenvalue weighted by Gasteiger charge is -2.28. The number of allylic oxidation sites excluding steroid dienone is 8.